The quantitative estimate of drug-likeness (QED) is 0.880. The molecule has 1 aromatic heterocycles. The zero-order valence-corrected chi connectivity index (χ0v) is 12.5. The third-order valence-corrected chi connectivity index (χ3v) is 3.65. The molecular formula is C15H20N4O2. The van der Waals surface area contributed by atoms with Crippen LogP contribution in [0.1, 0.15) is 25.8 Å². The number of aryl methyl sites for hydroxylation is 1. The highest BCUT2D eigenvalue weighted by Gasteiger charge is 2.20. The van der Waals surface area contributed by atoms with Gasteiger partial charge in [0, 0.05) is 11.3 Å². The molecule has 0 saturated carbocycles. The lowest BCUT2D eigenvalue weighted by molar-refractivity contribution is -0.118. The minimum Gasteiger partial charge on any atom is -0.423 e. The second-order valence-electron chi connectivity index (χ2n) is 5.17. The first-order valence-corrected chi connectivity index (χ1v) is 6.96. The molecule has 2 rings (SSSR count). The van der Waals surface area contributed by atoms with Crippen LogP contribution in [0.15, 0.2) is 29.0 Å². The minimum absolute atomic E-state index is 0.142. The lowest BCUT2D eigenvalue weighted by Crippen LogP contribution is -2.40. The Morgan fingerprint density at radius 1 is 1.48 bits per heavy atom. The van der Waals surface area contributed by atoms with Crippen LogP contribution in [0.5, 0.6) is 0 Å². The molecule has 1 aromatic carbocycles. The fourth-order valence-electron chi connectivity index (χ4n) is 1.96. The number of benzene rings is 1. The Labute approximate surface area is 123 Å². The third kappa shape index (κ3) is 3.46. The summed E-state index contributed by atoms with van der Waals surface area (Å²) in [7, 11) is 0. The Bertz CT molecular complexity index is 610. The van der Waals surface area contributed by atoms with Gasteiger partial charge in [-0.2, -0.15) is 0 Å². The molecule has 0 aliphatic carbocycles. The first-order chi connectivity index (χ1) is 10.0. The zero-order valence-electron chi connectivity index (χ0n) is 12.5. The molecule has 2 aromatic rings. The number of nitrogens with one attached hydrogen (secondary N) is 1. The molecule has 21 heavy (non-hydrogen) atoms. The van der Waals surface area contributed by atoms with Crippen molar-refractivity contribution in [3.05, 3.63) is 30.2 Å². The maximum atomic E-state index is 12.1. The molecule has 112 valence electrons. The van der Waals surface area contributed by atoms with Crippen LogP contribution in [0.3, 0.4) is 0 Å². The van der Waals surface area contributed by atoms with E-state index in [9.17, 15) is 4.79 Å². The van der Waals surface area contributed by atoms with Crippen molar-refractivity contribution in [2.75, 3.05) is 5.32 Å². The summed E-state index contributed by atoms with van der Waals surface area (Å²) >= 11 is 0. The highest BCUT2D eigenvalue weighted by Crippen LogP contribution is 2.23. The first-order valence-electron chi connectivity index (χ1n) is 6.96. The van der Waals surface area contributed by atoms with Crippen LogP contribution in [0, 0.1) is 12.8 Å². The molecule has 0 saturated heterocycles. The van der Waals surface area contributed by atoms with E-state index in [1.807, 2.05) is 39.0 Å². The van der Waals surface area contributed by atoms with Crippen molar-refractivity contribution in [2.45, 2.75) is 33.2 Å². The number of rotatable bonds is 5. The Morgan fingerprint density at radius 2 is 2.24 bits per heavy atom. The first kappa shape index (κ1) is 15.2. The zero-order chi connectivity index (χ0) is 15.4. The average Bonchev–Trinajstić information content (AvgIpc) is 3.01. The second-order valence-corrected chi connectivity index (χ2v) is 5.17. The molecule has 2 atom stereocenters. The van der Waals surface area contributed by atoms with Gasteiger partial charge >= 0.3 is 0 Å². The van der Waals surface area contributed by atoms with E-state index in [1.54, 1.807) is 0 Å². The fraction of sp³-hybridized carbons (Fsp3) is 0.400. The molecule has 6 nitrogen and oxygen atoms in total. The number of carbonyl (C=O) groups excluding carboxylic acids is 1. The topological polar surface area (TPSA) is 94.0 Å². The largest absolute Gasteiger partial charge is 0.423 e. The van der Waals surface area contributed by atoms with Crippen molar-refractivity contribution in [1.29, 1.82) is 0 Å². The average molecular weight is 288 g/mol. The molecule has 6 heteroatoms. The smallest absolute Gasteiger partial charge is 0.247 e. The van der Waals surface area contributed by atoms with Crippen molar-refractivity contribution < 1.29 is 9.21 Å². The van der Waals surface area contributed by atoms with Crippen LogP contribution >= 0.6 is 0 Å². The van der Waals surface area contributed by atoms with Gasteiger partial charge in [-0.05, 0) is 36.6 Å². The fourth-order valence-corrected chi connectivity index (χ4v) is 1.96. The summed E-state index contributed by atoms with van der Waals surface area (Å²) in [5.74, 6) is 0.424. The summed E-state index contributed by atoms with van der Waals surface area (Å²) in [6.07, 6.45) is 2.15. The van der Waals surface area contributed by atoms with Gasteiger partial charge in [0.15, 0.2) is 0 Å². The molecule has 0 radical (unpaired) electrons. The molecule has 0 aliphatic heterocycles. The summed E-state index contributed by atoms with van der Waals surface area (Å²) in [5, 5.41) is 10.4. The van der Waals surface area contributed by atoms with Crippen molar-refractivity contribution >= 4 is 11.6 Å². The number of anilines is 1. The normalized spacial score (nSPS) is 13.7. The van der Waals surface area contributed by atoms with Crippen molar-refractivity contribution in [3.8, 4) is 11.5 Å². The van der Waals surface area contributed by atoms with Crippen LogP contribution < -0.4 is 11.1 Å². The molecule has 3 N–H and O–H groups in total. The van der Waals surface area contributed by atoms with Crippen LogP contribution in [0.25, 0.3) is 11.5 Å². The Morgan fingerprint density at radius 3 is 2.81 bits per heavy atom. The van der Waals surface area contributed by atoms with Gasteiger partial charge in [-0.25, -0.2) is 0 Å². The van der Waals surface area contributed by atoms with E-state index in [4.69, 9.17) is 10.2 Å². The summed E-state index contributed by atoms with van der Waals surface area (Å²) < 4.78 is 5.15. The van der Waals surface area contributed by atoms with Crippen molar-refractivity contribution in [3.63, 3.8) is 0 Å². The Hall–Kier alpha value is -2.21. The lowest BCUT2D eigenvalue weighted by atomic mass is 9.99. The standard InChI is InChI=1S/C15H20N4O2/c1-4-9(2)13(16)14(20)18-12-6-5-11(7-10(12)3)15-19-17-8-21-15/h5-9,13H,4,16H2,1-3H3,(H,18,20)/t9-,13-/m0/s1. The number of hydrogen-bond acceptors (Lipinski definition) is 5. The van der Waals surface area contributed by atoms with E-state index in [2.05, 4.69) is 15.5 Å². The second kappa shape index (κ2) is 6.49. The number of amides is 1. The molecule has 0 unspecified atom stereocenters. The predicted octanol–water partition coefficient (Wildman–Crippen LogP) is 2.36. The summed E-state index contributed by atoms with van der Waals surface area (Å²) in [5.41, 5.74) is 8.40. The monoisotopic (exact) mass is 288 g/mol. The van der Waals surface area contributed by atoms with Gasteiger partial charge in [0.05, 0.1) is 6.04 Å². The van der Waals surface area contributed by atoms with Gasteiger partial charge < -0.3 is 15.5 Å². The van der Waals surface area contributed by atoms with E-state index < -0.39 is 6.04 Å². The van der Waals surface area contributed by atoms with Gasteiger partial charge in [-0.1, -0.05) is 20.3 Å². The summed E-state index contributed by atoms with van der Waals surface area (Å²) in [6.45, 7) is 5.89. The SMILES string of the molecule is CC[C@H](C)[C@H](N)C(=O)Nc1ccc(-c2nnco2)cc1C. The van der Waals surface area contributed by atoms with E-state index in [1.165, 1.54) is 6.39 Å². The van der Waals surface area contributed by atoms with Gasteiger partial charge in [-0.15, -0.1) is 10.2 Å². The van der Waals surface area contributed by atoms with Gasteiger partial charge in [0.25, 0.3) is 0 Å². The number of carbonyl (C=O) groups is 1. The lowest BCUT2D eigenvalue weighted by Gasteiger charge is -2.18. The van der Waals surface area contributed by atoms with E-state index >= 15 is 0 Å². The van der Waals surface area contributed by atoms with Gasteiger partial charge in [0.1, 0.15) is 0 Å². The Kier molecular flexibility index (Phi) is 4.70. The number of hydrogen-bond donors (Lipinski definition) is 2. The van der Waals surface area contributed by atoms with E-state index in [-0.39, 0.29) is 11.8 Å². The molecule has 0 fully saturated rings. The highest BCUT2D eigenvalue weighted by molar-refractivity contribution is 5.95. The van der Waals surface area contributed by atoms with Gasteiger partial charge in [0.2, 0.25) is 18.2 Å². The predicted molar refractivity (Wildman–Crippen MR) is 80.5 cm³/mol. The molecule has 0 spiro atoms. The molecule has 0 bridgehead atoms. The molecular weight excluding hydrogens is 268 g/mol. The summed E-state index contributed by atoms with van der Waals surface area (Å²) in [4.78, 5) is 12.1. The molecule has 1 heterocycles. The number of aromatic nitrogens is 2. The number of nitrogens with zero attached hydrogens (tertiary/aromatic N) is 2. The van der Waals surface area contributed by atoms with Crippen molar-refractivity contribution in [2.24, 2.45) is 11.7 Å². The van der Waals surface area contributed by atoms with Crippen LogP contribution in [0.4, 0.5) is 5.69 Å². The van der Waals surface area contributed by atoms with Crippen molar-refractivity contribution in [1.82, 2.24) is 10.2 Å². The number of nitrogens with two attached hydrogens (primary N) is 1. The molecule has 0 aliphatic rings. The van der Waals surface area contributed by atoms with Crippen LogP contribution in [0.2, 0.25) is 0 Å². The highest BCUT2D eigenvalue weighted by atomic mass is 16.4. The third-order valence-electron chi connectivity index (χ3n) is 3.65. The summed E-state index contributed by atoms with van der Waals surface area (Å²) in [6, 6.07) is 5.02. The Balaban J connectivity index is 2.13. The van der Waals surface area contributed by atoms with E-state index in [0.717, 1.165) is 23.2 Å². The molecule has 1 amide bonds. The van der Waals surface area contributed by atoms with Gasteiger partial charge in [-0.3, -0.25) is 4.79 Å². The van der Waals surface area contributed by atoms with Crippen LogP contribution in [-0.2, 0) is 4.79 Å². The maximum Gasteiger partial charge on any atom is 0.247 e. The minimum atomic E-state index is -0.509. The van der Waals surface area contributed by atoms with E-state index in [0.29, 0.717) is 5.89 Å². The van der Waals surface area contributed by atoms with Crippen LogP contribution in [-0.4, -0.2) is 22.1 Å². The maximum absolute atomic E-state index is 12.1.